The molecule has 0 saturated carbocycles. The van der Waals surface area contributed by atoms with Gasteiger partial charge in [0.25, 0.3) is 0 Å². The van der Waals surface area contributed by atoms with Gasteiger partial charge in [-0.05, 0) is 96.3 Å². The van der Waals surface area contributed by atoms with Gasteiger partial charge < -0.3 is 24.8 Å². The molecule has 1 atom stereocenters. The molecule has 0 spiro atoms. The summed E-state index contributed by atoms with van der Waals surface area (Å²) in [5.74, 6) is -4.14. The zero-order valence-electron chi connectivity index (χ0n) is 31.5. The lowest BCUT2D eigenvalue weighted by atomic mass is 10.1. The molecule has 0 aromatic carbocycles. The SMILES string of the molecule is CCCCC/C=C\C/C=C\CCCCCCCC(=O)OC(O)(OC(=O)CCCCCCC/C=C\C/C=C\CCCCC)C(O)CCCCO. The highest BCUT2D eigenvalue weighted by Crippen LogP contribution is 2.23. The molecule has 49 heavy (non-hydrogen) atoms. The van der Waals surface area contributed by atoms with Crippen molar-refractivity contribution >= 4 is 11.9 Å². The molecule has 0 aliphatic heterocycles. The fourth-order valence-electron chi connectivity index (χ4n) is 5.38. The maximum absolute atomic E-state index is 12.6. The zero-order valence-corrected chi connectivity index (χ0v) is 31.5. The van der Waals surface area contributed by atoms with Gasteiger partial charge in [0.2, 0.25) is 0 Å². The van der Waals surface area contributed by atoms with Crippen LogP contribution in [-0.4, -0.2) is 45.9 Å². The first-order chi connectivity index (χ1) is 23.9. The first-order valence-electron chi connectivity index (χ1n) is 19.9. The molecule has 0 radical (unpaired) electrons. The summed E-state index contributed by atoms with van der Waals surface area (Å²) in [4.78, 5) is 25.1. The largest absolute Gasteiger partial charge is 0.401 e. The van der Waals surface area contributed by atoms with Crippen molar-refractivity contribution in [2.24, 2.45) is 0 Å². The third-order valence-electron chi connectivity index (χ3n) is 8.49. The Morgan fingerprint density at radius 3 is 1.29 bits per heavy atom. The van der Waals surface area contributed by atoms with Gasteiger partial charge in [0.05, 0.1) is 0 Å². The number of aliphatic hydroxyl groups is 3. The fraction of sp³-hybridized carbons (Fsp3) is 0.762. The van der Waals surface area contributed by atoms with E-state index >= 15 is 0 Å². The van der Waals surface area contributed by atoms with Crippen LogP contribution in [-0.2, 0) is 19.1 Å². The van der Waals surface area contributed by atoms with Gasteiger partial charge in [0.15, 0.2) is 6.10 Å². The van der Waals surface area contributed by atoms with Gasteiger partial charge in [-0.15, -0.1) is 0 Å². The highest BCUT2D eigenvalue weighted by Gasteiger charge is 2.44. The quantitative estimate of drug-likeness (QED) is 0.0262. The summed E-state index contributed by atoms with van der Waals surface area (Å²) in [7, 11) is 0. The molecule has 0 bridgehead atoms. The molecule has 0 fully saturated rings. The van der Waals surface area contributed by atoms with Crippen LogP contribution < -0.4 is 0 Å². The van der Waals surface area contributed by atoms with Crippen molar-refractivity contribution in [3.63, 3.8) is 0 Å². The number of rotatable bonds is 35. The highest BCUT2D eigenvalue weighted by molar-refractivity contribution is 5.71. The highest BCUT2D eigenvalue weighted by atomic mass is 16.8. The number of hydrogen-bond acceptors (Lipinski definition) is 7. The lowest BCUT2D eigenvalue weighted by Crippen LogP contribution is -2.50. The molecule has 0 aliphatic rings. The number of hydrogen-bond donors (Lipinski definition) is 3. The molecule has 284 valence electrons. The Morgan fingerprint density at radius 1 is 0.531 bits per heavy atom. The Hall–Kier alpha value is -2.22. The topological polar surface area (TPSA) is 113 Å². The molecule has 0 heterocycles. The van der Waals surface area contributed by atoms with Crippen LogP contribution in [0.15, 0.2) is 48.6 Å². The zero-order chi connectivity index (χ0) is 36.1. The van der Waals surface area contributed by atoms with Crippen LogP contribution in [0, 0.1) is 0 Å². The molecule has 0 saturated heterocycles. The van der Waals surface area contributed by atoms with E-state index in [0.29, 0.717) is 25.7 Å². The maximum atomic E-state index is 12.6. The van der Waals surface area contributed by atoms with Crippen LogP contribution in [0.1, 0.15) is 187 Å². The van der Waals surface area contributed by atoms with Crippen molar-refractivity contribution in [3.8, 4) is 0 Å². The average molecular weight is 691 g/mol. The van der Waals surface area contributed by atoms with Crippen LogP contribution in [0.2, 0.25) is 0 Å². The summed E-state index contributed by atoms with van der Waals surface area (Å²) >= 11 is 0. The van der Waals surface area contributed by atoms with Crippen LogP contribution >= 0.6 is 0 Å². The second kappa shape index (κ2) is 35.6. The normalized spacial score (nSPS) is 13.0. The van der Waals surface area contributed by atoms with E-state index in [1.165, 1.54) is 51.4 Å². The number of carbonyl (C=O) groups excluding carboxylic acids is 2. The first kappa shape index (κ1) is 46.8. The van der Waals surface area contributed by atoms with E-state index in [9.17, 15) is 19.8 Å². The van der Waals surface area contributed by atoms with Crippen molar-refractivity contribution in [2.75, 3.05) is 6.61 Å². The molecule has 0 rings (SSSR count). The third kappa shape index (κ3) is 31.5. The van der Waals surface area contributed by atoms with Crippen LogP contribution in [0.5, 0.6) is 0 Å². The summed E-state index contributed by atoms with van der Waals surface area (Å²) in [5.41, 5.74) is 0. The van der Waals surface area contributed by atoms with E-state index in [1.54, 1.807) is 0 Å². The van der Waals surface area contributed by atoms with Crippen molar-refractivity contribution < 1.29 is 34.4 Å². The molecular formula is C42H74O7. The van der Waals surface area contributed by atoms with Gasteiger partial charge in [-0.25, -0.2) is 0 Å². The van der Waals surface area contributed by atoms with Crippen LogP contribution in [0.3, 0.4) is 0 Å². The molecular weight excluding hydrogens is 616 g/mol. The predicted octanol–water partition coefficient (Wildman–Crippen LogP) is 10.9. The lowest BCUT2D eigenvalue weighted by Gasteiger charge is -2.31. The van der Waals surface area contributed by atoms with Gasteiger partial charge in [-0.1, -0.05) is 127 Å². The number of carbonyl (C=O) groups is 2. The fourth-order valence-corrected chi connectivity index (χ4v) is 5.38. The Balaban J connectivity index is 4.29. The summed E-state index contributed by atoms with van der Waals surface area (Å²) in [6.45, 7) is 4.38. The first-order valence-corrected chi connectivity index (χ1v) is 19.9. The van der Waals surface area contributed by atoms with E-state index in [1.807, 2.05) is 0 Å². The summed E-state index contributed by atoms with van der Waals surface area (Å²) < 4.78 is 10.4. The third-order valence-corrected chi connectivity index (χ3v) is 8.49. The molecule has 7 nitrogen and oxygen atoms in total. The predicted molar refractivity (Wildman–Crippen MR) is 203 cm³/mol. The second-order valence-electron chi connectivity index (χ2n) is 13.3. The minimum absolute atomic E-state index is 0.0189. The summed E-state index contributed by atoms with van der Waals surface area (Å²) in [6.07, 6.45) is 40.6. The van der Waals surface area contributed by atoms with Gasteiger partial charge in [0.1, 0.15) is 0 Å². The maximum Gasteiger partial charge on any atom is 0.401 e. The Kier molecular flexibility index (Phi) is 34.0. The second-order valence-corrected chi connectivity index (χ2v) is 13.3. The van der Waals surface area contributed by atoms with Crippen molar-refractivity contribution in [3.05, 3.63) is 48.6 Å². The molecule has 0 aliphatic carbocycles. The molecule has 3 N–H and O–H groups in total. The van der Waals surface area contributed by atoms with E-state index in [4.69, 9.17) is 14.6 Å². The van der Waals surface area contributed by atoms with Gasteiger partial charge >= 0.3 is 17.9 Å². The number of ether oxygens (including phenoxy) is 2. The molecule has 0 aromatic heterocycles. The number of unbranched alkanes of at least 4 members (excludes halogenated alkanes) is 17. The van der Waals surface area contributed by atoms with E-state index in [-0.39, 0.29) is 25.9 Å². The van der Waals surface area contributed by atoms with Crippen molar-refractivity contribution in [2.45, 2.75) is 199 Å². The molecule has 7 heteroatoms. The van der Waals surface area contributed by atoms with Gasteiger partial charge in [0, 0.05) is 19.4 Å². The van der Waals surface area contributed by atoms with E-state index in [0.717, 1.165) is 77.0 Å². The van der Waals surface area contributed by atoms with Gasteiger partial charge in [-0.2, -0.15) is 0 Å². The average Bonchev–Trinajstić information content (AvgIpc) is 3.08. The number of esters is 2. The van der Waals surface area contributed by atoms with Gasteiger partial charge in [-0.3, -0.25) is 9.59 Å². The number of allylic oxidation sites excluding steroid dienone is 8. The Labute approximate surface area is 300 Å². The Bertz CT molecular complexity index is 816. The van der Waals surface area contributed by atoms with Crippen LogP contribution in [0.25, 0.3) is 0 Å². The van der Waals surface area contributed by atoms with Crippen molar-refractivity contribution in [1.29, 1.82) is 0 Å². The summed E-state index contributed by atoms with van der Waals surface area (Å²) in [5, 5.41) is 30.6. The molecule has 1 unspecified atom stereocenters. The molecule has 0 amide bonds. The van der Waals surface area contributed by atoms with Crippen molar-refractivity contribution in [1.82, 2.24) is 0 Å². The van der Waals surface area contributed by atoms with E-state index < -0.39 is 24.0 Å². The monoisotopic (exact) mass is 691 g/mol. The summed E-state index contributed by atoms with van der Waals surface area (Å²) in [6, 6.07) is 0. The lowest BCUT2D eigenvalue weighted by molar-refractivity contribution is -0.361. The van der Waals surface area contributed by atoms with Crippen LogP contribution in [0.4, 0.5) is 0 Å². The van der Waals surface area contributed by atoms with E-state index in [2.05, 4.69) is 62.5 Å². The molecule has 0 aromatic rings. The smallest absolute Gasteiger partial charge is 0.396 e. The number of aliphatic hydroxyl groups excluding tert-OH is 2. The minimum atomic E-state index is -2.72. The Morgan fingerprint density at radius 2 is 0.898 bits per heavy atom. The minimum Gasteiger partial charge on any atom is -0.396 e. The standard InChI is InChI=1S/C42H74O7/c1-3-5-7-9-11-13-15-17-19-21-23-25-27-29-31-36-40(45)48-42(47,39(44)35-33-34-38-43)49-41(46)37-32-30-28-26-24-22-20-18-16-14-12-10-8-6-4-2/h11-14,17-20,39,43-44,47H,3-10,15-16,21-38H2,1-2H3/b13-11-,14-12-,19-17-,20-18-.